The number of carboxylic acids is 3. The van der Waals surface area contributed by atoms with E-state index in [1.807, 2.05) is 0 Å². The Balaban J connectivity index is 0.000000713. The molecule has 11 nitrogen and oxygen atoms in total. The summed E-state index contributed by atoms with van der Waals surface area (Å²) in [6, 6.07) is 4.34. The molecule has 0 fully saturated rings. The molecule has 0 aliphatic heterocycles. The predicted molar refractivity (Wildman–Crippen MR) is 111 cm³/mol. The molecule has 33 heavy (non-hydrogen) atoms. The number of fused-ring (bicyclic) bond motifs is 3. The van der Waals surface area contributed by atoms with Gasteiger partial charge in [0.15, 0.2) is 11.5 Å². The summed E-state index contributed by atoms with van der Waals surface area (Å²) in [5.41, 5.74) is 2.51. The molecule has 2 aromatic carbocycles. The minimum absolute atomic E-state index is 0.114. The molecule has 0 amide bonds. The number of carbonyl (C=O) groups is 3. The van der Waals surface area contributed by atoms with Crippen LogP contribution in [0.1, 0.15) is 31.9 Å². The van der Waals surface area contributed by atoms with Gasteiger partial charge in [-0.3, -0.25) is 14.4 Å². The van der Waals surface area contributed by atoms with Crippen molar-refractivity contribution in [3.8, 4) is 39.9 Å². The van der Waals surface area contributed by atoms with Crippen molar-refractivity contribution in [2.45, 2.75) is 33.6 Å². The van der Waals surface area contributed by atoms with Crippen molar-refractivity contribution in [3.63, 3.8) is 0 Å². The second kappa shape index (κ2) is 13.3. The quantitative estimate of drug-likeness (QED) is 0.570. The van der Waals surface area contributed by atoms with Gasteiger partial charge in [0.05, 0.1) is 14.2 Å². The van der Waals surface area contributed by atoms with Gasteiger partial charge >= 0.3 is 0 Å². The zero-order chi connectivity index (χ0) is 25.9. The van der Waals surface area contributed by atoms with E-state index in [4.69, 9.17) is 39.2 Å². The molecule has 0 heterocycles. The van der Waals surface area contributed by atoms with Gasteiger partial charge in [-0.05, 0) is 41.2 Å². The van der Waals surface area contributed by atoms with Gasteiger partial charge in [0, 0.05) is 20.8 Å². The largest absolute Gasteiger partial charge is 0.873 e. The minimum atomic E-state index is -0.833. The van der Waals surface area contributed by atoms with Crippen molar-refractivity contribution in [1.82, 2.24) is 0 Å². The Morgan fingerprint density at radius 3 is 1.61 bits per heavy atom. The second-order valence-electron chi connectivity index (χ2n) is 6.49. The van der Waals surface area contributed by atoms with E-state index >= 15 is 0 Å². The Morgan fingerprint density at radius 2 is 1.18 bits per heavy atom. The topological polar surface area (TPSA) is 200 Å². The molecule has 2 aromatic rings. The van der Waals surface area contributed by atoms with Gasteiger partial charge in [0.2, 0.25) is 0 Å². The number of methoxy groups -OCH3 is 2. The molecule has 0 spiro atoms. The van der Waals surface area contributed by atoms with E-state index in [1.54, 1.807) is 6.07 Å². The molecular weight excluding hydrogens is 440 g/mol. The van der Waals surface area contributed by atoms with Crippen molar-refractivity contribution in [1.29, 1.82) is 0 Å². The minimum Gasteiger partial charge on any atom is -0.873 e. The van der Waals surface area contributed by atoms with Crippen LogP contribution in [0.4, 0.5) is 0 Å². The first-order valence-corrected chi connectivity index (χ1v) is 9.31. The van der Waals surface area contributed by atoms with Crippen LogP contribution in [0.3, 0.4) is 0 Å². The summed E-state index contributed by atoms with van der Waals surface area (Å²) in [6.07, 6.45) is 1.24. The van der Waals surface area contributed by atoms with Crippen molar-refractivity contribution in [2.75, 3.05) is 14.2 Å². The first-order valence-electron chi connectivity index (χ1n) is 9.31. The monoisotopic (exact) mass is 465 g/mol. The number of hydrogen-bond donors (Lipinski definition) is 3. The normalized spacial score (nSPS) is 10.2. The standard InChI is InChI=1S/C16H16O5.3C2H4O2/c1-20-13-6-9-4-3-8-5-11(17)12(18)7-10(8)14(9)15(19)16(13)21-2;3*1-2(3)4/h5-7,17-19H,3-4H2,1-2H3;3*1H3,(H,3,4)/p-3. The number of aryl methyl sites for hydroxylation is 2. The Bertz CT molecular complexity index is 956. The summed E-state index contributed by atoms with van der Waals surface area (Å²) in [4.78, 5) is 27.0. The number of rotatable bonds is 2. The summed E-state index contributed by atoms with van der Waals surface area (Å²) in [5.74, 6) is -3.46. The van der Waals surface area contributed by atoms with E-state index in [-0.39, 0.29) is 11.5 Å². The highest BCUT2D eigenvalue weighted by Gasteiger charge is 2.21. The molecule has 1 aliphatic rings. The third kappa shape index (κ3) is 9.25. The highest BCUT2D eigenvalue weighted by atomic mass is 16.5. The lowest BCUT2D eigenvalue weighted by Gasteiger charge is -2.31. The fraction of sp³-hybridized carbons (Fsp3) is 0.318. The maximum atomic E-state index is 12.6. The highest BCUT2D eigenvalue weighted by molar-refractivity contribution is 5.83. The van der Waals surface area contributed by atoms with Crippen molar-refractivity contribution >= 4 is 17.9 Å². The fourth-order valence-electron chi connectivity index (χ4n) is 2.82. The lowest BCUT2D eigenvalue weighted by molar-refractivity contribution is -0.317. The second-order valence-corrected chi connectivity index (χ2v) is 6.49. The van der Waals surface area contributed by atoms with Crippen LogP contribution in [0.2, 0.25) is 0 Å². The van der Waals surface area contributed by atoms with Crippen LogP contribution >= 0.6 is 0 Å². The number of aliphatic carboxylic acids is 3. The number of hydrogen-bond acceptors (Lipinski definition) is 8. The van der Waals surface area contributed by atoms with Gasteiger partial charge in [-0.15, -0.1) is 11.5 Å². The van der Waals surface area contributed by atoms with Gasteiger partial charge in [-0.25, -0.2) is 0 Å². The number of ether oxygens (including phenoxy) is 2. The molecule has 3 N–H and O–H groups in total. The molecule has 0 saturated heterocycles. The van der Waals surface area contributed by atoms with Gasteiger partial charge in [0.25, 0.3) is 17.9 Å². The summed E-state index contributed by atoms with van der Waals surface area (Å²) in [7, 11) is 2.87. The summed E-state index contributed by atoms with van der Waals surface area (Å²) < 4.78 is 10.3. The molecule has 0 aromatic heterocycles. The third-order valence-electron chi connectivity index (χ3n) is 3.81. The number of benzene rings is 2. The van der Waals surface area contributed by atoms with Crippen LogP contribution in [0.15, 0.2) is 18.2 Å². The molecule has 0 unspecified atom stereocenters. The smallest absolute Gasteiger partial charge is 0.300 e. The molecule has 0 radical (unpaired) electrons. The Morgan fingerprint density at radius 1 is 0.758 bits per heavy atom. The molecule has 0 atom stereocenters. The molecule has 11 heteroatoms. The van der Waals surface area contributed by atoms with Crippen LogP contribution in [0, 0.1) is 0 Å². The van der Waals surface area contributed by atoms with Crippen LogP contribution in [-0.4, -0.2) is 47.4 Å². The zero-order valence-electron chi connectivity index (χ0n) is 18.8. The molecule has 1 aliphatic carbocycles. The maximum Gasteiger partial charge on any atom is 0.300 e. The Hall–Kier alpha value is -4.15. The lowest BCUT2D eigenvalue weighted by atomic mass is 9.84. The highest BCUT2D eigenvalue weighted by Crippen LogP contribution is 2.48. The maximum absolute atomic E-state index is 12.6. The van der Waals surface area contributed by atoms with Gasteiger partial charge in [-0.1, -0.05) is 17.9 Å². The lowest BCUT2D eigenvalue weighted by Crippen LogP contribution is -2.11. The molecule has 182 valence electrons. The Kier molecular flexibility index (Phi) is 11.6. The van der Waals surface area contributed by atoms with E-state index in [0.29, 0.717) is 29.7 Å². The van der Waals surface area contributed by atoms with Crippen molar-refractivity contribution in [2.24, 2.45) is 0 Å². The first kappa shape index (κ1) is 28.9. The predicted octanol–water partition coefficient (Wildman–Crippen LogP) is 0.963. The average molecular weight is 465 g/mol. The SMILES string of the molecule is CC(=O)O.CC(=O)O.CC(=O)O.COc1cc2c(c([O-])c1OC)-c1cc([O-])c([O-])cc1CC2. The van der Waals surface area contributed by atoms with Gasteiger partial charge in [0.1, 0.15) is 0 Å². The first-order chi connectivity index (χ1) is 15.3. The van der Waals surface area contributed by atoms with Crippen LogP contribution in [-0.2, 0) is 27.2 Å². The van der Waals surface area contributed by atoms with E-state index < -0.39 is 29.4 Å². The van der Waals surface area contributed by atoms with Gasteiger partial charge in [-0.2, -0.15) is 0 Å². The van der Waals surface area contributed by atoms with E-state index in [1.165, 1.54) is 26.4 Å². The van der Waals surface area contributed by atoms with Crippen LogP contribution < -0.4 is 24.8 Å². The fourth-order valence-corrected chi connectivity index (χ4v) is 2.82. The van der Waals surface area contributed by atoms with E-state index in [2.05, 4.69) is 0 Å². The Labute approximate surface area is 190 Å². The van der Waals surface area contributed by atoms with E-state index in [9.17, 15) is 15.3 Å². The molecule has 3 rings (SSSR count). The summed E-state index contributed by atoms with van der Waals surface area (Å²) in [6.45, 7) is 3.25. The van der Waals surface area contributed by atoms with Crippen LogP contribution in [0.5, 0.6) is 28.7 Å². The van der Waals surface area contributed by atoms with Gasteiger partial charge < -0.3 is 40.1 Å². The van der Waals surface area contributed by atoms with Crippen LogP contribution in [0.25, 0.3) is 11.1 Å². The molecule has 0 bridgehead atoms. The van der Waals surface area contributed by atoms with Crippen molar-refractivity contribution in [3.05, 3.63) is 29.3 Å². The summed E-state index contributed by atoms with van der Waals surface area (Å²) in [5, 5.41) is 57.9. The zero-order valence-corrected chi connectivity index (χ0v) is 18.8. The molecule has 0 saturated carbocycles. The number of carboxylic acid groups (broad SMARTS) is 3. The average Bonchev–Trinajstić information content (AvgIpc) is 2.67. The van der Waals surface area contributed by atoms with E-state index in [0.717, 1.165) is 31.9 Å². The molecular formula is C22H25O11-3. The van der Waals surface area contributed by atoms with Crippen molar-refractivity contribution < 1.29 is 54.5 Å². The summed E-state index contributed by atoms with van der Waals surface area (Å²) >= 11 is 0. The third-order valence-corrected chi connectivity index (χ3v) is 3.81.